The van der Waals surface area contributed by atoms with Crippen LogP contribution in [0.25, 0.3) is 0 Å². The zero-order valence-electron chi connectivity index (χ0n) is 17.3. The second kappa shape index (κ2) is 12.0. The minimum Gasteiger partial charge on any atom is -0.497 e. The number of rotatable bonds is 7. The third kappa shape index (κ3) is 6.86. The molecule has 2 aromatic rings. The second-order valence-corrected chi connectivity index (χ2v) is 6.77. The molecule has 2 heterocycles. The van der Waals surface area contributed by atoms with Crippen molar-refractivity contribution in [2.45, 2.75) is 12.6 Å². The van der Waals surface area contributed by atoms with Gasteiger partial charge in [-0.1, -0.05) is 12.1 Å². The molecule has 29 heavy (non-hydrogen) atoms. The Morgan fingerprint density at radius 3 is 2.55 bits per heavy atom. The van der Waals surface area contributed by atoms with Crippen LogP contribution in [0.15, 0.2) is 41.7 Å². The highest BCUT2D eigenvalue weighted by Crippen LogP contribution is 2.23. The number of ether oxygens (including phenoxy) is 2. The van der Waals surface area contributed by atoms with E-state index in [1.165, 1.54) is 5.56 Å². The van der Waals surface area contributed by atoms with Gasteiger partial charge in [-0.05, 0) is 17.7 Å². The number of hydrogen-bond acceptors (Lipinski definition) is 5. The Labute approximate surface area is 189 Å². The van der Waals surface area contributed by atoms with Crippen LogP contribution >= 0.6 is 24.0 Å². The van der Waals surface area contributed by atoms with Gasteiger partial charge in [0.2, 0.25) is 0 Å². The van der Waals surface area contributed by atoms with Gasteiger partial charge in [-0.3, -0.25) is 14.6 Å². The number of nitrogens with zero attached hydrogens (tertiary/aromatic N) is 4. The molecule has 1 fully saturated rings. The summed E-state index contributed by atoms with van der Waals surface area (Å²) in [5.41, 5.74) is 2.36. The number of aliphatic imine (C=N–C) groups is 1. The molecule has 9 heteroatoms. The van der Waals surface area contributed by atoms with E-state index in [9.17, 15) is 0 Å². The summed E-state index contributed by atoms with van der Waals surface area (Å²) in [6.45, 7) is 4.79. The summed E-state index contributed by atoms with van der Waals surface area (Å²) in [6, 6.07) is 8.52. The molecule has 0 spiro atoms. The van der Waals surface area contributed by atoms with Crippen LogP contribution in [0.2, 0.25) is 0 Å². The number of guanidine groups is 1. The van der Waals surface area contributed by atoms with Gasteiger partial charge in [-0.15, -0.1) is 24.0 Å². The first-order valence-corrected chi connectivity index (χ1v) is 9.57. The first-order chi connectivity index (χ1) is 13.7. The number of aryl methyl sites for hydroxylation is 1. The number of aromatic nitrogens is 2. The van der Waals surface area contributed by atoms with Crippen LogP contribution in [0.3, 0.4) is 0 Å². The molecule has 0 amide bonds. The molecule has 8 nitrogen and oxygen atoms in total. The van der Waals surface area contributed by atoms with Gasteiger partial charge >= 0.3 is 0 Å². The van der Waals surface area contributed by atoms with E-state index in [4.69, 9.17) is 9.47 Å². The smallest absolute Gasteiger partial charge is 0.191 e. The van der Waals surface area contributed by atoms with Gasteiger partial charge in [-0.25, -0.2) is 0 Å². The van der Waals surface area contributed by atoms with Crippen molar-refractivity contribution in [1.82, 2.24) is 25.3 Å². The molecule has 3 rings (SSSR count). The Morgan fingerprint density at radius 2 is 1.97 bits per heavy atom. The number of nitrogens with one attached hydrogen (secondary N) is 2. The van der Waals surface area contributed by atoms with Crippen molar-refractivity contribution in [2.75, 3.05) is 47.0 Å². The van der Waals surface area contributed by atoms with Gasteiger partial charge in [0.05, 0.1) is 32.6 Å². The summed E-state index contributed by atoms with van der Waals surface area (Å²) in [7, 11) is 5.39. The Kier molecular flexibility index (Phi) is 9.68. The largest absolute Gasteiger partial charge is 0.497 e. The van der Waals surface area contributed by atoms with E-state index >= 15 is 0 Å². The topological polar surface area (TPSA) is 75.9 Å². The number of methoxy groups -OCH3 is 1. The minimum absolute atomic E-state index is 0. The molecular formula is C20H31IN6O2. The van der Waals surface area contributed by atoms with Crippen molar-refractivity contribution in [1.29, 1.82) is 0 Å². The fourth-order valence-corrected chi connectivity index (χ4v) is 3.34. The highest BCUT2D eigenvalue weighted by Gasteiger charge is 2.23. The lowest BCUT2D eigenvalue weighted by Crippen LogP contribution is -2.46. The first-order valence-electron chi connectivity index (χ1n) is 9.57. The van der Waals surface area contributed by atoms with Crippen molar-refractivity contribution in [3.8, 4) is 5.75 Å². The van der Waals surface area contributed by atoms with Crippen LogP contribution < -0.4 is 15.4 Å². The number of halogens is 1. The average molecular weight is 514 g/mol. The van der Waals surface area contributed by atoms with E-state index in [1.54, 1.807) is 18.8 Å². The molecule has 1 aliphatic rings. The summed E-state index contributed by atoms with van der Waals surface area (Å²) in [4.78, 5) is 6.80. The summed E-state index contributed by atoms with van der Waals surface area (Å²) in [5, 5.41) is 11.0. The zero-order valence-corrected chi connectivity index (χ0v) is 19.6. The van der Waals surface area contributed by atoms with Crippen LogP contribution in [0, 0.1) is 0 Å². The van der Waals surface area contributed by atoms with E-state index in [0.717, 1.165) is 50.1 Å². The fourth-order valence-electron chi connectivity index (χ4n) is 3.34. The Morgan fingerprint density at radius 1 is 1.24 bits per heavy atom. The van der Waals surface area contributed by atoms with Crippen molar-refractivity contribution in [2.24, 2.45) is 12.0 Å². The quantitative estimate of drug-likeness (QED) is 0.334. The van der Waals surface area contributed by atoms with E-state index in [0.29, 0.717) is 6.54 Å². The van der Waals surface area contributed by atoms with Crippen molar-refractivity contribution in [3.63, 3.8) is 0 Å². The van der Waals surface area contributed by atoms with Crippen molar-refractivity contribution in [3.05, 3.63) is 47.8 Å². The Hall–Kier alpha value is -1.85. The molecular weight excluding hydrogens is 483 g/mol. The highest BCUT2D eigenvalue weighted by atomic mass is 127. The zero-order chi connectivity index (χ0) is 19.8. The minimum atomic E-state index is 0. The maximum absolute atomic E-state index is 5.53. The third-order valence-electron chi connectivity index (χ3n) is 4.89. The molecule has 160 valence electrons. The molecule has 0 saturated carbocycles. The SMILES string of the molecule is CN=C(NCc1cnn(C)c1)NCC(c1ccc(OC)cc1)N1CCOCC1.I. The van der Waals surface area contributed by atoms with Crippen LogP contribution in [-0.2, 0) is 18.3 Å². The Bertz CT molecular complexity index is 759. The predicted octanol–water partition coefficient (Wildman–Crippen LogP) is 1.79. The molecule has 1 aromatic heterocycles. The van der Waals surface area contributed by atoms with E-state index < -0.39 is 0 Å². The van der Waals surface area contributed by atoms with Gasteiger partial charge < -0.3 is 20.1 Å². The lowest BCUT2D eigenvalue weighted by molar-refractivity contribution is 0.0170. The van der Waals surface area contributed by atoms with Gasteiger partial charge in [0.25, 0.3) is 0 Å². The van der Waals surface area contributed by atoms with Gasteiger partial charge in [0.1, 0.15) is 5.75 Å². The van der Waals surface area contributed by atoms with E-state index in [2.05, 4.69) is 37.8 Å². The van der Waals surface area contributed by atoms with Gasteiger partial charge in [0.15, 0.2) is 5.96 Å². The van der Waals surface area contributed by atoms with Gasteiger partial charge in [-0.2, -0.15) is 5.10 Å². The predicted molar refractivity (Wildman–Crippen MR) is 125 cm³/mol. The standard InChI is InChI=1S/C20H30N6O2.HI/c1-21-20(22-12-16-13-24-25(2)15-16)23-14-19(26-8-10-28-11-9-26)17-4-6-18(27-3)7-5-17;/h4-7,13,15,19H,8-12,14H2,1-3H3,(H2,21,22,23);1H. The molecule has 1 unspecified atom stereocenters. The maximum Gasteiger partial charge on any atom is 0.191 e. The second-order valence-electron chi connectivity index (χ2n) is 6.77. The van der Waals surface area contributed by atoms with Crippen LogP contribution in [0.4, 0.5) is 0 Å². The monoisotopic (exact) mass is 514 g/mol. The van der Waals surface area contributed by atoms with Gasteiger partial charge in [0, 0.05) is 52.0 Å². The molecule has 0 radical (unpaired) electrons. The lowest BCUT2D eigenvalue weighted by atomic mass is 10.0. The molecule has 1 atom stereocenters. The Balaban J connectivity index is 0.00000300. The average Bonchev–Trinajstić information content (AvgIpc) is 3.16. The number of morpholine rings is 1. The van der Waals surface area contributed by atoms with E-state index in [-0.39, 0.29) is 30.0 Å². The third-order valence-corrected chi connectivity index (χ3v) is 4.89. The lowest BCUT2D eigenvalue weighted by Gasteiger charge is -2.35. The van der Waals surface area contributed by atoms with Crippen LogP contribution in [-0.4, -0.2) is 67.6 Å². The summed E-state index contributed by atoms with van der Waals surface area (Å²) < 4.78 is 12.6. The van der Waals surface area contributed by atoms with Crippen molar-refractivity contribution >= 4 is 29.9 Å². The molecule has 0 bridgehead atoms. The molecule has 2 N–H and O–H groups in total. The molecule has 1 aliphatic heterocycles. The molecule has 1 aromatic carbocycles. The van der Waals surface area contributed by atoms with E-state index in [1.807, 2.05) is 31.6 Å². The van der Waals surface area contributed by atoms with Crippen LogP contribution in [0.1, 0.15) is 17.2 Å². The number of benzene rings is 1. The number of hydrogen-bond donors (Lipinski definition) is 2. The summed E-state index contributed by atoms with van der Waals surface area (Å²) in [6.07, 6.45) is 3.85. The first kappa shape index (κ1) is 23.4. The molecule has 1 saturated heterocycles. The summed E-state index contributed by atoms with van der Waals surface area (Å²) in [5.74, 6) is 1.64. The highest BCUT2D eigenvalue weighted by molar-refractivity contribution is 14.0. The summed E-state index contributed by atoms with van der Waals surface area (Å²) >= 11 is 0. The molecule has 0 aliphatic carbocycles. The maximum atomic E-state index is 5.53. The fraction of sp³-hybridized carbons (Fsp3) is 0.500. The van der Waals surface area contributed by atoms with Crippen molar-refractivity contribution < 1.29 is 9.47 Å². The van der Waals surface area contributed by atoms with Crippen LogP contribution in [0.5, 0.6) is 5.75 Å². The normalized spacial score (nSPS) is 16.0.